The second-order valence-corrected chi connectivity index (χ2v) is 13.6. The largest absolute Gasteiger partial charge is 0.500 e. The second kappa shape index (κ2) is 21.9. The molecule has 0 unspecified atom stereocenters. The molecule has 0 saturated heterocycles. The summed E-state index contributed by atoms with van der Waals surface area (Å²) in [5.41, 5.74) is 0. The fourth-order valence-corrected chi connectivity index (χ4v) is 6.83. The van der Waals surface area contributed by atoms with E-state index < -0.39 is 8.80 Å². The van der Waals surface area contributed by atoms with Gasteiger partial charge in [-0.25, -0.2) is 0 Å². The molecule has 0 bridgehead atoms. The molecule has 0 spiro atoms. The first-order chi connectivity index (χ1) is 15.5. The maximum absolute atomic E-state index is 7.25. The van der Waals surface area contributed by atoms with E-state index in [4.69, 9.17) is 24.9 Å². The molecule has 0 radical (unpaired) electrons. The maximum Gasteiger partial charge on any atom is 0.500 e. The lowest BCUT2D eigenvalue weighted by Gasteiger charge is -2.30. The zero-order valence-corrected chi connectivity index (χ0v) is 24.2. The van der Waals surface area contributed by atoms with Gasteiger partial charge in [0.05, 0.1) is 0 Å². The van der Waals surface area contributed by atoms with Gasteiger partial charge in [0.1, 0.15) is 0 Å². The standard InChI is InChI=1S/C27H57ClO3Si/c1-6-8-10-12-14-16-18-20-23-27(28,24-21-19-17-15-13-11-9-7-2)25-22-26-32(29-3,30-4)31-5/h6-26H2,1-5H3. The third-order valence-corrected chi connectivity index (χ3v) is 10.4. The van der Waals surface area contributed by atoms with Gasteiger partial charge in [0, 0.05) is 32.2 Å². The first-order valence-electron chi connectivity index (χ1n) is 13.9. The monoisotopic (exact) mass is 492 g/mol. The van der Waals surface area contributed by atoms with Crippen molar-refractivity contribution >= 4 is 20.4 Å². The summed E-state index contributed by atoms with van der Waals surface area (Å²) >= 11 is 7.25. The zero-order chi connectivity index (χ0) is 24.0. The van der Waals surface area contributed by atoms with Gasteiger partial charge in [-0.05, 0) is 25.7 Å². The van der Waals surface area contributed by atoms with E-state index in [9.17, 15) is 0 Å². The Labute approximate surface area is 208 Å². The fourth-order valence-electron chi connectivity index (χ4n) is 4.70. The van der Waals surface area contributed by atoms with E-state index in [1.165, 1.54) is 103 Å². The molecular formula is C27H57ClO3Si. The predicted octanol–water partition coefficient (Wildman–Crippen LogP) is 9.68. The first-order valence-corrected chi connectivity index (χ1v) is 16.2. The lowest BCUT2D eigenvalue weighted by Crippen LogP contribution is -2.42. The third-order valence-electron chi connectivity index (χ3n) is 7.00. The van der Waals surface area contributed by atoms with Crippen LogP contribution in [0.1, 0.15) is 142 Å². The summed E-state index contributed by atoms with van der Waals surface area (Å²) in [4.78, 5) is -0.0697. The predicted molar refractivity (Wildman–Crippen MR) is 144 cm³/mol. The van der Waals surface area contributed by atoms with Crippen LogP contribution in [0.2, 0.25) is 6.04 Å². The highest BCUT2D eigenvalue weighted by Gasteiger charge is 2.38. The molecular weight excluding hydrogens is 436 g/mol. The van der Waals surface area contributed by atoms with E-state index in [1.807, 2.05) is 0 Å². The maximum atomic E-state index is 7.25. The molecule has 5 heteroatoms. The Kier molecular flexibility index (Phi) is 22.2. The number of unbranched alkanes of at least 4 members (excludes halogenated alkanes) is 14. The third kappa shape index (κ3) is 16.9. The van der Waals surface area contributed by atoms with Gasteiger partial charge >= 0.3 is 8.80 Å². The van der Waals surface area contributed by atoms with Crippen LogP contribution in [0, 0.1) is 0 Å². The molecule has 32 heavy (non-hydrogen) atoms. The summed E-state index contributed by atoms with van der Waals surface area (Å²) in [6.45, 7) is 4.57. The quantitative estimate of drug-likeness (QED) is 0.0720. The number of halogens is 1. The fraction of sp³-hybridized carbons (Fsp3) is 1.00. The van der Waals surface area contributed by atoms with Crippen molar-refractivity contribution in [3.8, 4) is 0 Å². The van der Waals surface area contributed by atoms with E-state index in [2.05, 4.69) is 13.8 Å². The van der Waals surface area contributed by atoms with Gasteiger partial charge in [-0.3, -0.25) is 0 Å². The van der Waals surface area contributed by atoms with Gasteiger partial charge in [-0.2, -0.15) is 0 Å². The van der Waals surface area contributed by atoms with Crippen LogP contribution in [0.5, 0.6) is 0 Å². The number of rotatable bonds is 25. The van der Waals surface area contributed by atoms with E-state index in [0.29, 0.717) is 0 Å². The normalized spacial score (nSPS) is 12.6. The van der Waals surface area contributed by atoms with Crippen molar-refractivity contribution in [3.05, 3.63) is 0 Å². The summed E-state index contributed by atoms with van der Waals surface area (Å²) < 4.78 is 16.8. The van der Waals surface area contributed by atoms with Gasteiger partial charge < -0.3 is 13.3 Å². The molecule has 0 heterocycles. The van der Waals surface area contributed by atoms with Crippen molar-refractivity contribution in [1.29, 1.82) is 0 Å². The minimum absolute atomic E-state index is 0.0697. The van der Waals surface area contributed by atoms with E-state index in [1.54, 1.807) is 21.3 Å². The number of hydrogen-bond acceptors (Lipinski definition) is 3. The molecule has 0 aromatic carbocycles. The number of hydrogen-bond donors (Lipinski definition) is 0. The Hall–Kier alpha value is 0.387. The van der Waals surface area contributed by atoms with E-state index in [-0.39, 0.29) is 4.87 Å². The Bertz CT molecular complexity index is 363. The molecule has 3 nitrogen and oxygen atoms in total. The highest BCUT2D eigenvalue weighted by molar-refractivity contribution is 6.60. The average Bonchev–Trinajstić information content (AvgIpc) is 2.81. The van der Waals surface area contributed by atoms with Gasteiger partial charge in [-0.1, -0.05) is 117 Å². The highest BCUT2D eigenvalue weighted by atomic mass is 35.5. The molecule has 0 aromatic heterocycles. The van der Waals surface area contributed by atoms with Crippen LogP contribution in [0.4, 0.5) is 0 Å². The van der Waals surface area contributed by atoms with E-state index in [0.717, 1.165) is 31.7 Å². The number of alkyl halides is 1. The molecule has 0 aromatic rings. The van der Waals surface area contributed by atoms with Gasteiger partial charge in [0.25, 0.3) is 0 Å². The van der Waals surface area contributed by atoms with Gasteiger partial charge in [0.2, 0.25) is 0 Å². The smallest absolute Gasteiger partial charge is 0.377 e. The van der Waals surface area contributed by atoms with Crippen LogP contribution < -0.4 is 0 Å². The van der Waals surface area contributed by atoms with Crippen LogP contribution in [0.3, 0.4) is 0 Å². The van der Waals surface area contributed by atoms with Crippen molar-refractivity contribution in [1.82, 2.24) is 0 Å². The highest BCUT2D eigenvalue weighted by Crippen LogP contribution is 2.36. The molecule has 0 atom stereocenters. The minimum atomic E-state index is -2.50. The summed E-state index contributed by atoms with van der Waals surface area (Å²) in [5.74, 6) is 0. The van der Waals surface area contributed by atoms with Crippen LogP contribution in [0.15, 0.2) is 0 Å². The topological polar surface area (TPSA) is 27.7 Å². The summed E-state index contributed by atoms with van der Waals surface area (Å²) in [6.07, 6.45) is 26.0. The summed E-state index contributed by atoms with van der Waals surface area (Å²) in [5, 5.41) is 0. The van der Waals surface area contributed by atoms with Crippen LogP contribution in [-0.4, -0.2) is 35.0 Å². The second-order valence-electron chi connectivity index (χ2n) is 9.75. The van der Waals surface area contributed by atoms with Crippen molar-refractivity contribution in [2.45, 2.75) is 153 Å². The molecule has 0 aliphatic carbocycles. The van der Waals surface area contributed by atoms with Crippen LogP contribution >= 0.6 is 11.6 Å². The average molecular weight is 493 g/mol. The van der Waals surface area contributed by atoms with Crippen molar-refractivity contribution in [2.24, 2.45) is 0 Å². The Morgan fingerprint density at radius 1 is 0.500 bits per heavy atom. The van der Waals surface area contributed by atoms with E-state index >= 15 is 0 Å². The van der Waals surface area contributed by atoms with Gasteiger partial charge in [-0.15, -0.1) is 11.6 Å². The molecule has 0 saturated carbocycles. The summed E-state index contributed by atoms with van der Waals surface area (Å²) in [7, 11) is 2.61. The van der Waals surface area contributed by atoms with Crippen molar-refractivity contribution in [3.63, 3.8) is 0 Å². The van der Waals surface area contributed by atoms with Crippen molar-refractivity contribution < 1.29 is 13.3 Å². The lowest BCUT2D eigenvalue weighted by molar-refractivity contribution is 0.122. The van der Waals surface area contributed by atoms with Crippen LogP contribution in [-0.2, 0) is 13.3 Å². The minimum Gasteiger partial charge on any atom is -0.377 e. The molecule has 0 N–H and O–H groups in total. The molecule has 0 fully saturated rings. The molecule has 0 rings (SSSR count). The molecule has 194 valence electrons. The first kappa shape index (κ1) is 32.4. The lowest BCUT2D eigenvalue weighted by atomic mass is 9.89. The Balaban J connectivity index is 4.37. The van der Waals surface area contributed by atoms with Gasteiger partial charge in [0.15, 0.2) is 0 Å². The molecule has 0 amide bonds. The SMILES string of the molecule is CCCCCCCCCCC(Cl)(CCCCCCCCCC)CCC[Si](OC)(OC)OC. The van der Waals surface area contributed by atoms with Crippen LogP contribution in [0.25, 0.3) is 0 Å². The Morgan fingerprint density at radius 2 is 0.812 bits per heavy atom. The molecule has 0 aliphatic heterocycles. The zero-order valence-electron chi connectivity index (χ0n) is 22.5. The summed E-state index contributed by atoms with van der Waals surface area (Å²) in [6, 6.07) is 0.847. The Morgan fingerprint density at radius 3 is 1.16 bits per heavy atom. The molecule has 0 aliphatic rings. The van der Waals surface area contributed by atoms with Crippen molar-refractivity contribution in [2.75, 3.05) is 21.3 Å².